The van der Waals surface area contributed by atoms with Crippen LogP contribution in [0.1, 0.15) is 32.1 Å². The molecule has 0 bridgehead atoms. The molecule has 4 nitrogen and oxygen atoms in total. The number of carbonyl (C=O) groups is 2. The quantitative estimate of drug-likeness (QED) is 0.368. The largest absolute Gasteiger partial charge is 0.481 e. The molecule has 0 saturated carbocycles. The molecule has 4 heteroatoms. The molecular formula is C13H18O4. The van der Waals surface area contributed by atoms with Gasteiger partial charge in [-0.1, -0.05) is 36.8 Å². The first-order chi connectivity index (χ1) is 8.13. The molecule has 0 aliphatic rings. The van der Waals surface area contributed by atoms with E-state index in [1.54, 1.807) is 12.2 Å². The number of unbranched alkanes of at least 4 members (excludes halogenated alkanes) is 3. The summed E-state index contributed by atoms with van der Waals surface area (Å²) in [6.07, 6.45) is 13.5. The third-order valence-corrected chi connectivity index (χ3v) is 1.97. The van der Waals surface area contributed by atoms with Crippen LogP contribution in [0.5, 0.6) is 0 Å². The standard InChI is InChI=1S/C13H18O4/c14-12(15)10-8-6-4-2-1-3-5-7-9-11-13(16)17/h1-2,4,6,8,10H,3,5,7,9,11H2,(H,14,15)(H,16,17)/b2-1+,6-4+,10-8+. The predicted octanol–water partition coefficient (Wildman–Crippen LogP) is 2.77. The Morgan fingerprint density at radius 2 is 1.59 bits per heavy atom. The van der Waals surface area contributed by atoms with Gasteiger partial charge in [-0.2, -0.15) is 0 Å². The van der Waals surface area contributed by atoms with Crippen LogP contribution in [0.2, 0.25) is 0 Å². The summed E-state index contributed by atoms with van der Waals surface area (Å²) in [6.45, 7) is 0. The third-order valence-electron chi connectivity index (χ3n) is 1.97. The molecule has 0 saturated heterocycles. The lowest BCUT2D eigenvalue weighted by molar-refractivity contribution is -0.137. The van der Waals surface area contributed by atoms with Crippen LogP contribution in [0.15, 0.2) is 36.5 Å². The molecular weight excluding hydrogens is 220 g/mol. The van der Waals surface area contributed by atoms with Crippen LogP contribution in [0, 0.1) is 0 Å². The van der Waals surface area contributed by atoms with Crippen molar-refractivity contribution in [2.75, 3.05) is 0 Å². The van der Waals surface area contributed by atoms with Crippen molar-refractivity contribution in [1.29, 1.82) is 0 Å². The van der Waals surface area contributed by atoms with Crippen molar-refractivity contribution in [2.45, 2.75) is 32.1 Å². The van der Waals surface area contributed by atoms with Crippen molar-refractivity contribution in [3.8, 4) is 0 Å². The van der Waals surface area contributed by atoms with Gasteiger partial charge in [-0.25, -0.2) is 4.79 Å². The minimum absolute atomic E-state index is 0.240. The Morgan fingerprint density at radius 3 is 2.24 bits per heavy atom. The van der Waals surface area contributed by atoms with E-state index in [2.05, 4.69) is 0 Å². The van der Waals surface area contributed by atoms with Gasteiger partial charge < -0.3 is 10.2 Å². The summed E-state index contributed by atoms with van der Waals surface area (Å²) < 4.78 is 0. The van der Waals surface area contributed by atoms with Gasteiger partial charge in [0.05, 0.1) is 0 Å². The summed E-state index contributed by atoms with van der Waals surface area (Å²) in [5, 5.41) is 16.7. The first kappa shape index (κ1) is 15.2. The van der Waals surface area contributed by atoms with Gasteiger partial charge in [0.15, 0.2) is 0 Å². The minimum Gasteiger partial charge on any atom is -0.481 e. The average Bonchev–Trinajstić information content (AvgIpc) is 2.25. The summed E-state index contributed by atoms with van der Waals surface area (Å²) in [5.74, 6) is -1.70. The first-order valence-corrected chi connectivity index (χ1v) is 5.57. The Hall–Kier alpha value is -1.84. The van der Waals surface area contributed by atoms with Gasteiger partial charge in [-0.3, -0.25) is 4.79 Å². The Morgan fingerprint density at radius 1 is 0.882 bits per heavy atom. The van der Waals surface area contributed by atoms with Crippen molar-refractivity contribution in [2.24, 2.45) is 0 Å². The molecule has 0 heterocycles. The second-order valence-electron chi connectivity index (χ2n) is 3.50. The summed E-state index contributed by atoms with van der Waals surface area (Å²) in [7, 11) is 0. The molecule has 0 aromatic heterocycles. The van der Waals surface area contributed by atoms with E-state index in [4.69, 9.17) is 10.2 Å². The van der Waals surface area contributed by atoms with E-state index >= 15 is 0 Å². The van der Waals surface area contributed by atoms with Crippen molar-refractivity contribution in [3.63, 3.8) is 0 Å². The van der Waals surface area contributed by atoms with Crippen LogP contribution in [0.4, 0.5) is 0 Å². The molecule has 0 fully saturated rings. The molecule has 0 atom stereocenters. The molecule has 0 spiro atoms. The topological polar surface area (TPSA) is 74.6 Å². The lowest BCUT2D eigenvalue weighted by Gasteiger charge is -1.94. The monoisotopic (exact) mass is 238 g/mol. The Balaban J connectivity index is 3.42. The zero-order valence-corrected chi connectivity index (χ0v) is 9.71. The molecule has 0 aromatic rings. The summed E-state index contributed by atoms with van der Waals surface area (Å²) in [4.78, 5) is 20.3. The Labute approximate surface area is 101 Å². The third kappa shape index (κ3) is 14.2. The average molecular weight is 238 g/mol. The molecule has 0 unspecified atom stereocenters. The van der Waals surface area contributed by atoms with E-state index < -0.39 is 11.9 Å². The summed E-state index contributed by atoms with van der Waals surface area (Å²) >= 11 is 0. The maximum atomic E-state index is 10.2. The number of hydrogen-bond acceptors (Lipinski definition) is 2. The fourth-order valence-corrected chi connectivity index (χ4v) is 1.16. The number of hydrogen-bond donors (Lipinski definition) is 2. The smallest absolute Gasteiger partial charge is 0.328 e. The van der Waals surface area contributed by atoms with Gasteiger partial charge >= 0.3 is 11.9 Å². The normalized spacial score (nSPS) is 11.8. The van der Waals surface area contributed by atoms with E-state index in [0.717, 1.165) is 31.8 Å². The summed E-state index contributed by atoms with van der Waals surface area (Å²) in [5.41, 5.74) is 0. The molecule has 17 heavy (non-hydrogen) atoms. The van der Waals surface area contributed by atoms with Crippen LogP contribution in [-0.2, 0) is 9.59 Å². The number of carboxylic acid groups (broad SMARTS) is 2. The number of carboxylic acids is 2. The van der Waals surface area contributed by atoms with E-state index in [1.165, 1.54) is 6.08 Å². The van der Waals surface area contributed by atoms with Gasteiger partial charge in [0.1, 0.15) is 0 Å². The molecule has 94 valence electrons. The van der Waals surface area contributed by atoms with Crippen LogP contribution in [0.3, 0.4) is 0 Å². The van der Waals surface area contributed by atoms with E-state index in [0.29, 0.717) is 0 Å². The maximum absolute atomic E-state index is 10.2. The zero-order chi connectivity index (χ0) is 12.9. The zero-order valence-electron chi connectivity index (χ0n) is 9.71. The van der Waals surface area contributed by atoms with Crippen LogP contribution < -0.4 is 0 Å². The van der Waals surface area contributed by atoms with Crippen molar-refractivity contribution in [1.82, 2.24) is 0 Å². The van der Waals surface area contributed by atoms with Crippen LogP contribution in [0.25, 0.3) is 0 Å². The summed E-state index contributed by atoms with van der Waals surface area (Å²) in [6, 6.07) is 0. The SMILES string of the molecule is O=C(O)/C=C/C=C/C=C/CCCCCC(=O)O. The van der Waals surface area contributed by atoms with Gasteiger partial charge in [0.25, 0.3) is 0 Å². The lowest BCUT2D eigenvalue weighted by atomic mass is 10.1. The molecule has 0 amide bonds. The fraction of sp³-hybridized carbons (Fsp3) is 0.385. The second-order valence-corrected chi connectivity index (χ2v) is 3.50. The highest BCUT2D eigenvalue weighted by Gasteiger charge is 1.94. The Kier molecular flexibility index (Phi) is 9.52. The molecule has 0 radical (unpaired) electrons. The number of rotatable bonds is 9. The van der Waals surface area contributed by atoms with E-state index in [-0.39, 0.29) is 6.42 Å². The molecule has 2 N–H and O–H groups in total. The van der Waals surface area contributed by atoms with Crippen LogP contribution >= 0.6 is 0 Å². The highest BCUT2D eigenvalue weighted by molar-refractivity contribution is 5.80. The molecule has 0 aliphatic heterocycles. The minimum atomic E-state index is -0.961. The fourth-order valence-electron chi connectivity index (χ4n) is 1.16. The molecule has 0 aromatic carbocycles. The number of aliphatic carboxylic acids is 2. The van der Waals surface area contributed by atoms with Crippen LogP contribution in [-0.4, -0.2) is 22.2 Å². The lowest BCUT2D eigenvalue weighted by Crippen LogP contribution is -1.93. The van der Waals surface area contributed by atoms with Gasteiger partial charge in [0, 0.05) is 12.5 Å². The Bertz CT molecular complexity index is 313. The van der Waals surface area contributed by atoms with Crippen molar-refractivity contribution < 1.29 is 19.8 Å². The van der Waals surface area contributed by atoms with Gasteiger partial charge in [-0.15, -0.1) is 0 Å². The van der Waals surface area contributed by atoms with Gasteiger partial charge in [0.2, 0.25) is 0 Å². The highest BCUT2D eigenvalue weighted by atomic mass is 16.4. The molecule has 0 rings (SSSR count). The maximum Gasteiger partial charge on any atom is 0.328 e. The van der Waals surface area contributed by atoms with Gasteiger partial charge in [-0.05, 0) is 19.3 Å². The molecule has 0 aliphatic carbocycles. The van der Waals surface area contributed by atoms with Crippen molar-refractivity contribution >= 4 is 11.9 Å². The van der Waals surface area contributed by atoms with E-state index in [1.807, 2.05) is 12.2 Å². The predicted molar refractivity (Wildman–Crippen MR) is 65.8 cm³/mol. The second kappa shape index (κ2) is 10.7. The first-order valence-electron chi connectivity index (χ1n) is 5.57. The number of allylic oxidation sites excluding steroid dienone is 5. The van der Waals surface area contributed by atoms with E-state index in [9.17, 15) is 9.59 Å². The highest BCUT2D eigenvalue weighted by Crippen LogP contribution is 2.03. The van der Waals surface area contributed by atoms with Crippen molar-refractivity contribution in [3.05, 3.63) is 36.5 Å².